The zero-order valence-corrected chi connectivity index (χ0v) is 13.2. The van der Waals surface area contributed by atoms with Crippen LogP contribution in [0.3, 0.4) is 0 Å². The number of aliphatic hydroxyl groups excluding tert-OH is 1. The summed E-state index contributed by atoms with van der Waals surface area (Å²) in [6.07, 6.45) is 0.485. The van der Waals surface area contributed by atoms with E-state index in [-0.39, 0.29) is 17.6 Å². The predicted octanol–water partition coefficient (Wildman–Crippen LogP) is 3.50. The van der Waals surface area contributed by atoms with Crippen molar-refractivity contribution in [2.75, 3.05) is 6.54 Å². The standard InChI is InChI=1S/C19H22FNO2/c1-14(19(23)16-6-3-2-4-7-16)21-13-5-8-18(22)15-9-11-17(20)12-10-15/h2-4,6-7,9-12,14,19,21,23H,5,8,13H2,1H3. The van der Waals surface area contributed by atoms with Gasteiger partial charge in [0.1, 0.15) is 5.82 Å². The van der Waals surface area contributed by atoms with Crippen molar-refractivity contribution < 1.29 is 14.3 Å². The van der Waals surface area contributed by atoms with Gasteiger partial charge in [-0.25, -0.2) is 4.39 Å². The number of rotatable bonds is 8. The molecule has 2 atom stereocenters. The Morgan fingerprint density at radius 2 is 1.78 bits per heavy atom. The highest BCUT2D eigenvalue weighted by atomic mass is 19.1. The zero-order chi connectivity index (χ0) is 16.7. The summed E-state index contributed by atoms with van der Waals surface area (Å²) in [6.45, 7) is 2.55. The van der Waals surface area contributed by atoms with Gasteiger partial charge in [-0.05, 0) is 49.7 Å². The first-order valence-corrected chi connectivity index (χ1v) is 7.83. The molecule has 0 bridgehead atoms. The number of halogens is 1. The average Bonchev–Trinajstić information content (AvgIpc) is 2.59. The Morgan fingerprint density at radius 1 is 1.13 bits per heavy atom. The van der Waals surface area contributed by atoms with Crippen LogP contribution < -0.4 is 5.32 Å². The van der Waals surface area contributed by atoms with E-state index < -0.39 is 6.10 Å². The van der Waals surface area contributed by atoms with Crippen LogP contribution in [-0.2, 0) is 0 Å². The molecule has 0 saturated heterocycles. The minimum Gasteiger partial charge on any atom is -0.387 e. The lowest BCUT2D eigenvalue weighted by Gasteiger charge is -2.20. The van der Waals surface area contributed by atoms with Crippen LogP contribution in [0.2, 0.25) is 0 Å². The molecule has 2 aromatic rings. The highest BCUT2D eigenvalue weighted by Gasteiger charge is 2.15. The molecular formula is C19H22FNO2. The van der Waals surface area contributed by atoms with Gasteiger partial charge in [-0.15, -0.1) is 0 Å². The number of carbonyl (C=O) groups is 1. The summed E-state index contributed by atoms with van der Waals surface area (Å²) in [5.74, 6) is -0.338. The van der Waals surface area contributed by atoms with Crippen molar-refractivity contribution in [3.63, 3.8) is 0 Å². The predicted molar refractivity (Wildman–Crippen MR) is 88.8 cm³/mol. The van der Waals surface area contributed by atoms with Gasteiger partial charge in [0.15, 0.2) is 5.78 Å². The second-order valence-corrected chi connectivity index (χ2v) is 5.63. The topological polar surface area (TPSA) is 49.3 Å². The first-order chi connectivity index (χ1) is 11.1. The quantitative estimate of drug-likeness (QED) is 0.579. The van der Waals surface area contributed by atoms with Gasteiger partial charge in [0.05, 0.1) is 6.10 Å². The highest BCUT2D eigenvalue weighted by molar-refractivity contribution is 5.95. The molecule has 0 aliphatic heterocycles. The van der Waals surface area contributed by atoms with Crippen molar-refractivity contribution in [1.29, 1.82) is 0 Å². The van der Waals surface area contributed by atoms with Crippen molar-refractivity contribution in [1.82, 2.24) is 5.32 Å². The van der Waals surface area contributed by atoms with E-state index >= 15 is 0 Å². The highest BCUT2D eigenvalue weighted by Crippen LogP contribution is 2.16. The largest absolute Gasteiger partial charge is 0.387 e. The molecule has 2 aromatic carbocycles. The Balaban J connectivity index is 1.72. The molecule has 0 aliphatic rings. The van der Waals surface area contributed by atoms with Crippen LogP contribution in [0.4, 0.5) is 4.39 Å². The third-order valence-corrected chi connectivity index (χ3v) is 3.83. The number of nitrogens with one attached hydrogen (secondary N) is 1. The minimum atomic E-state index is -0.580. The van der Waals surface area contributed by atoms with Crippen LogP contribution in [0.5, 0.6) is 0 Å². The first kappa shape index (κ1) is 17.3. The number of Topliss-reactive ketones (excluding diaryl/α,β-unsaturated/α-hetero) is 1. The summed E-state index contributed by atoms with van der Waals surface area (Å²) in [6, 6.07) is 15.0. The SMILES string of the molecule is CC(NCCCC(=O)c1ccc(F)cc1)C(O)c1ccccc1. The number of benzene rings is 2. The molecule has 0 spiro atoms. The maximum absolute atomic E-state index is 12.8. The Labute approximate surface area is 136 Å². The van der Waals surface area contributed by atoms with Crippen molar-refractivity contribution in [2.24, 2.45) is 0 Å². The van der Waals surface area contributed by atoms with Gasteiger partial charge in [0.25, 0.3) is 0 Å². The van der Waals surface area contributed by atoms with Crippen molar-refractivity contribution in [2.45, 2.75) is 31.9 Å². The van der Waals surface area contributed by atoms with Gasteiger partial charge < -0.3 is 10.4 Å². The summed E-state index contributed by atoms with van der Waals surface area (Å²) < 4.78 is 12.8. The molecule has 2 N–H and O–H groups in total. The summed E-state index contributed by atoms with van der Waals surface area (Å²) >= 11 is 0. The summed E-state index contributed by atoms with van der Waals surface area (Å²) in [4.78, 5) is 12.0. The Kier molecular flexibility index (Phi) is 6.44. The first-order valence-electron chi connectivity index (χ1n) is 7.83. The number of aliphatic hydroxyl groups is 1. The number of hydrogen-bond donors (Lipinski definition) is 2. The van der Waals surface area contributed by atoms with Gasteiger partial charge in [-0.3, -0.25) is 4.79 Å². The van der Waals surface area contributed by atoms with Gasteiger partial charge in [-0.2, -0.15) is 0 Å². The molecule has 3 nitrogen and oxygen atoms in total. The normalized spacial score (nSPS) is 13.5. The molecule has 0 aliphatic carbocycles. The fraction of sp³-hybridized carbons (Fsp3) is 0.316. The van der Waals surface area contributed by atoms with Crippen molar-refractivity contribution >= 4 is 5.78 Å². The van der Waals surface area contributed by atoms with E-state index in [1.807, 2.05) is 37.3 Å². The minimum absolute atomic E-state index is 0.00283. The Morgan fingerprint density at radius 3 is 2.43 bits per heavy atom. The second-order valence-electron chi connectivity index (χ2n) is 5.63. The number of hydrogen-bond acceptors (Lipinski definition) is 3. The van der Waals surface area contributed by atoms with E-state index in [1.165, 1.54) is 24.3 Å². The van der Waals surface area contributed by atoms with Crippen LogP contribution in [0.1, 0.15) is 41.8 Å². The number of carbonyl (C=O) groups excluding carboxylic acids is 1. The van der Waals surface area contributed by atoms with Crippen LogP contribution in [0.25, 0.3) is 0 Å². The average molecular weight is 315 g/mol. The molecule has 0 aromatic heterocycles. The Bertz CT molecular complexity index is 613. The molecule has 0 heterocycles. The lowest BCUT2D eigenvalue weighted by Crippen LogP contribution is -2.33. The van der Waals surface area contributed by atoms with E-state index in [4.69, 9.17) is 0 Å². The van der Waals surface area contributed by atoms with Crippen LogP contribution >= 0.6 is 0 Å². The molecule has 0 saturated carbocycles. The van der Waals surface area contributed by atoms with Gasteiger partial charge in [0.2, 0.25) is 0 Å². The molecular weight excluding hydrogens is 293 g/mol. The monoisotopic (exact) mass is 315 g/mol. The molecule has 23 heavy (non-hydrogen) atoms. The zero-order valence-electron chi connectivity index (χ0n) is 13.2. The molecule has 0 amide bonds. The third-order valence-electron chi connectivity index (χ3n) is 3.83. The smallest absolute Gasteiger partial charge is 0.162 e. The van der Waals surface area contributed by atoms with E-state index in [1.54, 1.807) is 0 Å². The van der Waals surface area contributed by atoms with Crippen molar-refractivity contribution in [3.8, 4) is 0 Å². The summed E-state index contributed by atoms with van der Waals surface area (Å²) in [7, 11) is 0. The molecule has 2 unspecified atom stereocenters. The van der Waals surface area contributed by atoms with E-state index in [2.05, 4.69) is 5.32 Å². The van der Waals surface area contributed by atoms with Crippen molar-refractivity contribution in [3.05, 3.63) is 71.5 Å². The molecule has 0 fully saturated rings. The van der Waals surface area contributed by atoms with E-state index in [0.29, 0.717) is 24.9 Å². The lowest BCUT2D eigenvalue weighted by molar-refractivity contribution is 0.0977. The fourth-order valence-corrected chi connectivity index (χ4v) is 2.41. The van der Waals surface area contributed by atoms with Crippen LogP contribution in [0.15, 0.2) is 54.6 Å². The third kappa shape index (κ3) is 5.27. The van der Waals surface area contributed by atoms with Crippen LogP contribution in [0, 0.1) is 5.82 Å². The van der Waals surface area contributed by atoms with Gasteiger partial charge in [0, 0.05) is 18.0 Å². The number of ketones is 1. The van der Waals surface area contributed by atoms with Gasteiger partial charge >= 0.3 is 0 Å². The maximum atomic E-state index is 12.8. The lowest BCUT2D eigenvalue weighted by atomic mass is 10.0. The molecule has 0 radical (unpaired) electrons. The van der Waals surface area contributed by atoms with E-state index in [0.717, 1.165) is 5.56 Å². The maximum Gasteiger partial charge on any atom is 0.162 e. The fourth-order valence-electron chi connectivity index (χ4n) is 2.41. The van der Waals surface area contributed by atoms with Crippen LogP contribution in [-0.4, -0.2) is 23.5 Å². The second kappa shape index (κ2) is 8.56. The molecule has 122 valence electrons. The molecule has 4 heteroatoms. The summed E-state index contributed by atoms with van der Waals surface area (Å²) in [5.41, 5.74) is 1.40. The summed E-state index contributed by atoms with van der Waals surface area (Å²) in [5, 5.41) is 13.5. The molecule has 2 rings (SSSR count). The van der Waals surface area contributed by atoms with Gasteiger partial charge in [-0.1, -0.05) is 30.3 Å². The van der Waals surface area contributed by atoms with E-state index in [9.17, 15) is 14.3 Å². The Hall–Kier alpha value is -2.04.